The van der Waals surface area contributed by atoms with Gasteiger partial charge in [0.15, 0.2) is 0 Å². The van der Waals surface area contributed by atoms with E-state index in [0.29, 0.717) is 0 Å². The molecule has 0 heterocycles. The average molecular weight is 500 g/mol. The number of rotatable bonds is 14. The maximum atomic E-state index is 3.92. The fourth-order valence-electron chi connectivity index (χ4n) is 3.85. The second-order valence-electron chi connectivity index (χ2n) is 8.44. The first-order valence-electron chi connectivity index (χ1n) is 13.0. The van der Waals surface area contributed by atoms with E-state index in [1.54, 1.807) is 12.2 Å². The quantitative estimate of drug-likeness (QED) is 0.140. The molecule has 0 unspecified atom stereocenters. The number of benzene rings is 1. The molecule has 0 aliphatic heterocycles. The monoisotopic (exact) mass is 499 g/mol. The van der Waals surface area contributed by atoms with Gasteiger partial charge in [0.05, 0.1) is 0 Å². The van der Waals surface area contributed by atoms with Crippen molar-refractivity contribution in [3.05, 3.63) is 175 Å². The van der Waals surface area contributed by atoms with Gasteiger partial charge in [-0.05, 0) is 68.2 Å². The molecular formula is C36H42BN. The number of allylic oxidation sites excluding steroid dienone is 19. The summed E-state index contributed by atoms with van der Waals surface area (Å²) in [5, 5.41) is 0. The molecule has 0 aliphatic carbocycles. The Morgan fingerprint density at radius 3 is 2.08 bits per heavy atom. The lowest BCUT2D eigenvalue weighted by atomic mass is 9.83. The Bertz CT molecular complexity index is 1260. The summed E-state index contributed by atoms with van der Waals surface area (Å²) in [5.41, 5.74) is 11.7. The van der Waals surface area contributed by atoms with Gasteiger partial charge in [-0.1, -0.05) is 124 Å². The number of anilines is 1. The van der Waals surface area contributed by atoms with E-state index >= 15 is 0 Å². The molecule has 1 aromatic rings. The van der Waals surface area contributed by atoms with Gasteiger partial charge in [-0.2, -0.15) is 0 Å². The predicted octanol–water partition coefficient (Wildman–Crippen LogP) is 9.50. The average Bonchev–Trinajstić information content (AvgIpc) is 2.93. The molecule has 0 fully saturated rings. The van der Waals surface area contributed by atoms with Crippen LogP contribution in [0.3, 0.4) is 0 Å². The van der Waals surface area contributed by atoms with Crippen LogP contribution in [0.2, 0.25) is 0 Å². The minimum Gasteiger partial charge on any atom is -0.315 e. The Hall–Kier alpha value is -4.26. The molecule has 38 heavy (non-hydrogen) atoms. The third kappa shape index (κ3) is 9.66. The van der Waals surface area contributed by atoms with Gasteiger partial charge in [-0.3, -0.25) is 0 Å². The van der Waals surface area contributed by atoms with E-state index in [4.69, 9.17) is 0 Å². The highest BCUT2D eigenvalue weighted by Crippen LogP contribution is 2.31. The SMILES string of the molecule is BC(=C(/C=C\C=C)N(/C(C)=C/C=C\C=C)c1ccc(C(=C=C)/C=C\C)cc1)C(/C=C\C)=C/C(=C/C=C)CC. The van der Waals surface area contributed by atoms with Crippen LogP contribution in [0, 0.1) is 0 Å². The molecule has 0 N–H and O–H groups in total. The fourth-order valence-corrected chi connectivity index (χ4v) is 3.85. The molecule has 0 saturated heterocycles. The Morgan fingerprint density at radius 2 is 1.55 bits per heavy atom. The van der Waals surface area contributed by atoms with Gasteiger partial charge in [0.2, 0.25) is 0 Å². The van der Waals surface area contributed by atoms with Crippen molar-refractivity contribution in [3.8, 4) is 0 Å². The summed E-state index contributed by atoms with van der Waals surface area (Å²) >= 11 is 0. The lowest BCUT2D eigenvalue weighted by molar-refractivity contribution is 1.09. The van der Waals surface area contributed by atoms with Crippen molar-refractivity contribution in [2.75, 3.05) is 4.90 Å². The van der Waals surface area contributed by atoms with Crippen LogP contribution < -0.4 is 4.90 Å². The molecule has 0 spiro atoms. The van der Waals surface area contributed by atoms with Crippen molar-refractivity contribution in [2.24, 2.45) is 0 Å². The topological polar surface area (TPSA) is 3.24 Å². The summed E-state index contributed by atoms with van der Waals surface area (Å²) in [6.45, 7) is 23.8. The van der Waals surface area contributed by atoms with E-state index in [1.165, 1.54) is 5.57 Å². The zero-order valence-corrected chi connectivity index (χ0v) is 23.9. The smallest absolute Gasteiger partial charge is 0.142 e. The highest BCUT2D eigenvalue weighted by molar-refractivity contribution is 6.25. The third-order valence-corrected chi connectivity index (χ3v) is 5.77. The number of nitrogens with zero attached hydrogens (tertiary/aromatic N) is 1. The van der Waals surface area contributed by atoms with Crippen LogP contribution in [0.25, 0.3) is 5.57 Å². The minimum absolute atomic E-state index is 0.917. The summed E-state index contributed by atoms with van der Waals surface area (Å²) in [6, 6.07) is 8.48. The van der Waals surface area contributed by atoms with E-state index in [-0.39, 0.29) is 0 Å². The summed E-state index contributed by atoms with van der Waals surface area (Å²) < 4.78 is 0. The third-order valence-electron chi connectivity index (χ3n) is 5.77. The molecule has 0 atom stereocenters. The molecule has 0 amide bonds. The van der Waals surface area contributed by atoms with Crippen molar-refractivity contribution in [2.45, 2.75) is 34.1 Å². The molecule has 194 valence electrons. The van der Waals surface area contributed by atoms with E-state index in [9.17, 15) is 0 Å². The Labute approximate surface area is 232 Å². The van der Waals surface area contributed by atoms with Crippen LogP contribution >= 0.6 is 0 Å². The zero-order chi connectivity index (χ0) is 28.3. The van der Waals surface area contributed by atoms with Crippen LogP contribution in [-0.2, 0) is 0 Å². The van der Waals surface area contributed by atoms with Crippen molar-refractivity contribution in [3.63, 3.8) is 0 Å². The van der Waals surface area contributed by atoms with Gasteiger partial charge in [-0.15, -0.1) is 5.73 Å². The largest absolute Gasteiger partial charge is 0.315 e. The van der Waals surface area contributed by atoms with Crippen LogP contribution in [-0.4, -0.2) is 7.85 Å². The maximum absolute atomic E-state index is 3.92. The first kappa shape index (κ1) is 31.8. The fraction of sp³-hybridized carbons (Fsp3) is 0.139. The van der Waals surface area contributed by atoms with Crippen LogP contribution in [0.15, 0.2) is 169 Å². The predicted molar refractivity (Wildman–Crippen MR) is 176 cm³/mol. The summed E-state index contributed by atoms with van der Waals surface area (Å²) in [5.74, 6) is 0. The first-order chi connectivity index (χ1) is 18.4. The molecule has 1 aromatic carbocycles. The molecule has 0 aliphatic rings. The summed E-state index contributed by atoms with van der Waals surface area (Å²) in [7, 11) is 2.16. The Morgan fingerprint density at radius 1 is 0.895 bits per heavy atom. The second kappa shape index (κ2) is 18.1. The molecular weight excluding hydrogens is 457 g/mol. The van der Waals surface area contributed by atoms with E-state index in [0.717, 1.165) is 45.7 Å². The molecule has 0 aromatic heterocycles. The molecule has 2 heteroatoms. The number of hydrogen-bond donors (Lipinski definition) is 0. The van der Waals surface area contributed by atoms with Crippen molar-refractivity contribution in [1.29, 1.82) is 0 Å². The standard InChI is InChI=1S/C36H42BN/c1-9-16-18-22-29(8)38(34-26-24-32(25-27-34)31(15-7)20-12-4)35(23-17-10-2)36(37)33(21-13-5)28-30(14-6)19-11-3/h9-13,16-28H,1-3,7,14,37H2,4-6,8H3/b18-16-,20-12-,21-13-,23-17-,29-22+,30-19+,33-28+,36-35?. The molecule has 1 rings (SSSR count). The summed E-state index contributed by atoms with van der Waals surface area (Å²) in [6.07, 6.45) is 29.0. The van der Waals surface area contributed by atoms with Gasteiger partial charge in [-0.25, -0.2) is 0 Å². The van der Waals surface area contributed by atoms with Gasteiger partial charge in [0.1, 0.15) is 7.85 Å². The molecule has 1 nitrogen and oxygen atoms in total. The van der Waals surface area contributed by atoms with Crippen molar-refractivity contribution >= 4 is 19.1 Å². The van der Waals surface area contributed by atoms with E-state index < -0.39 is 0 Å². The highest BCUT2D eigenvalue weighted by atomic mass is 15.1. The molecule has 0 bridgehead atoms. The lowest BCUT2D eigenvalue weighted by Crippen LogP contribution is -2.21. The minimum atomic E-state index is 0.917. The Balaban J connectivity index is 4.03. The van der Waals surface area contributed by atoms with E-state index in [1.807, 2.05) is 50.3 Å². The van der Waals surface area contributed by atoms with Crippen LogP contribution in [0.4, 0.5) is 5.69 Å². The van der Waals surface area contributed by atoms with Gasteiger partial charge < -0.3 is 4.90 Å². The van der Waals surface area contributed by atoms with Gasteiger partial charge in [0.25, 0.3) is 0 Å². The molecule has 0 saturated carbocycles. The van der Waals surface area contributed by atoms with Crippen molar-refractivity contribution in [1.82, 2.24) is 0 Å². The van der Waals surface area contributed by atoms with Gasteiger partial charge >= 0.3 is 0 Å². The van der Waals surface area contributed by atoms with Gasteiger partial charge in [0, 0.05) is 22.7 Å². The zero-order valence-electron chi connectivity index (χ0n) is 23.9. The summed E-state index contributed by atoms with van der Waals surface area (Å²) in [4.78, 5) is 2.26. The van der Waals surface area contributed by atoms with Crippen LogP contribution in [0.5, 0.6) is 0 Å². The van der Waals surface area contributed by atoms with Crippen LogP contribution in [0.1, 0.15) is 39.7 Å². The number of hydrogen-bond acceptors (Lipinski definition) is 1. The lowest BCUT2D eigenvalue weighted by Gasteiger charge is -2.29. The molecule has 0 radical (unpaired) electrons. The second-order valence-corrected chi connectivity index (χ2v) is 8.44. The Kier molecular flexibility index (Phi) is 15.1. The van der Waals surface area contributed by atoms with Crippen molar-refractivity contribution < 1.29 is 0 Å². The van der Waals surface area contributed by atoms with E-state index in [2.05, 4.69) is 119 Å². The highest BCUT2D eigenvalue weighted by Gasteiger charge is 2.16. The maximum Gasteiger partial charge on any atom is 0.142 e. The normalized spacial score (nSPS) is 13.7. The first-order valence-corrected chi connectivity index (χ1v) is 13.0.